The highest BCUT2D eigenvalue weighted by molar-refractivity contribution is 7.07. The second-order valence-electron chi connectivity index (χ2n) is 5.92. The summed E-state index contributed by atoms with van der Waals surface area (Å²) in [5, 5.41) is 7.42. The van der Waals surface area contributed by atoms with Crippen LogP contribution >= 0.6 is 11.3 Å². The second kappa shape index (κ2) is 9.25. The first-order valence-corrected chi connectivity index (χ1v) is 9.50. The number of amides is 2. The van der Waals surface area contributed by atoms with Gasteiger partial charge in [-0.2, -0.15) is 11.3 Å². The average molecular weight is 340 g/mol. The molecule has 1 aromatic rings. The summed E-state index contributed by atoms with van der Waals surface area (Å²) in [6, 6.07) is 2.64. The lowest BCUT2D eigenvalue weighted by Gasteiger charge is -2.32. The molecule has 1 fully saturated rings. The Labute approximate surface area is 143 Å². The number of hydrogen-bond acceptors (Lipinski definition) is 4. The van der Waals surface area contributed by atoms with Crippen LogP contribution in [0.25, 0.3) is 0 Å². The van der Waals surface area contributed by atoms with Gasteiger partial charge in [0.05, 0.1) is 12.6 Å². The third-order valence-electron chi connectivity index (χ3n) is 4.58. The van der Waals surface area contributed by atoms with Crippen molar-refractivity contribution in [3.8, 4) is 0 Å². The average Bonchev–Trinajstić information content (AvgIpc) is 2.99. The third kappa shape index (κ3) is 4.93. The lowest BCUT2D eigenvalue weighted by molar-refractivity contribution is 0.140. The van der Waals surface area contributed by atoms with Gasteiger partial charge in [-0.1, -0.05) is 13.8 Å². The number of rotatable bonds is 6. The SMILES string of the molecule is CCN(CC)[C@H](CNC(=O)N1CCOCC[C@H]1C)c1ccsc1. The van der Waals surface area contributed by atoms with Crippen molar-refractivity contribution in [3.63, 3.8) is 0 Å². The molecule has 1 saturated heterocycles. The van der Waals surface area contributed by atoms with Gasteiger partial charge in [0, 0.05) is 25.7 Å². The Hall–Kier alpha value is -1.11. The molecule has 2 rings (SSSR count). The zero-order valence-corrected chi connectivity index (χ0v) is 15.3. The van der Waals surface area contributed by atoms with Gasteiger partial charge < -0.3 is 15.0 Å². The van der Waals surface area contributed by atoms with Gasteiger partial charge in [-0.05, 0) is 48.8 Å². The number of ether oxygens (including phenoxy) is 1. The van der Waals surface area contributed by atoms with Crippen LogP contribution < -0.4 is 5.32 Å². The molecule has 1 aliphatic heterocycles. The number of nitrogens with zero attached hydrogens (tertiary/aromatic N) is 2. The normalized spacial score (nSPS) is 20.3. The maximum atomic E-state index is 12.6. The van der Waals surface area contributed by atoms with E-state index in [1.54, 1.807) is 11.3 Å². The minimum Gasteiger partial charge on any atom is -0.380 e. The minimum atomic E-state index is 0.0235. The number of likely N-dealkylation sites (N-methyl/N-ethyl adjacent to an activating group) is 1. The molecule has 6 heteroatoms. The quantitative estimate of drug-likeness (QED) is 0.867. The molecule has 0 unspecified atom stereocenters. The van der Waals surface area contributed by atoms with Crippen LogP contribution in [0.2, 0.25) is 0 Å². The summed E-state index contributed by atoms with van der Waals surface area (Å²) in [5.41, 5.74) is 1.28. The molecule has 0 aliphatic carbocycles. The van der Waals surface area contributed by atoms with Crippen LogP contribution in [0.3, 0.4) is 0 Å². The van der Waals surface area contributed by atoms with Gasteiger partial charge in [-0.25, -0.2) is 4.79 Å². The van der Waals surface area contributed by atoms with Crippen LogP contribution in [0, 0.1) is 0 Å². The van der Waals surface area contributed by atoms with Crippen LogP contribution in [0.1, 0.15) is 38.8 Å². The van der Waals surface area contributed by atoms with E-state index in [1.165, 1.54) is 5.56 Å². The van der Waals surface area contributed by atoms with Gasteiger partial charge >= 0.3 is 6.03 Å². The van der Waals surface area contributed by atoms with E-state index >= 15 is 0 Å². The Kier molecular flexibility index (Phi) is 7.33. The number of carbonyl (C=O) groups excluding carboxylic acids is 1. The van der Waals surface area contributed by atoms with Crippen molar-refractivity contribution in [1.29, 1.82) is 0 Å². The highest BCUT2D eigenvalue weighted by Crippen LogP contribution is 2.22. The summed E-state index contributed by atoms with van der Waals surface area (Å²) < 4.78 is 5.47. The van der Waals surface area contributed by atoms with Crippen LogP contribution in [-0.4, -0.2) is 61.3 Å². The van der Waals surface area contributed by atoms with E-state index in [2.05, 4.69) is 47.8 Å². The summed E-state index contributed by atoms with van der Waals surface area (Å²) in [7, 11) is 0. The molecule has 2 amide bonds. The molecule has 2 atom stereocenters. The third-order valence-corrected chi connectivity index (χ3v) is 5.28. The van der Waals surface area contributed by atoms with E-state index in [0.717, 1.165) is 26.1 Å². The molecular formula is C17H29N3O2S. The Morgan fingerprint density at radius 2 is 2.26 bits per heavy atom. The first-order valence-electron chi connectivity index (χ1n) is 8.55. The molecule has 23 heavy (non-hydrogen) atoms. The van der Waals surface area contributed by atoms with Gasteiger partial charge in [-0.3, -0.25) is 4.90 Å². The molecular weight excluding hydrogens is 310 g/mol. The van der Waals surface area contributed by atoms with E-state index in [0.29, 0.717) is 19.7 Å². The van der Waals surface area contributed by atoms with Crippen LogP contribution in [0.5, 0.6) is 0 Å². The fourth-order valence-corrected chi connectivity index (χ4v) is 3.78. The van der Waals surface area contributed by atoms with Crippen molar-refractivity contribution < 1.29 is 9.53 Å². The molecule has 1 aromatic heterocycles. The Morgan fingerprint density at radius 1 is 1.48 bits per heavy atom. The fourth-order valence-electron chi connectivity index (χ4n) is 3.07. The summed E-state index contributed by atoms with van der Waals surface area (Å²) in [4.78, 5) is 16.9. The van der Waals surface area contributed by atoms with E-state index < -0.39 is 0 Å². The van der Waals surface area contributed by atoms with E-state index in [4.69, 9.17) is 4.74 Å². The second-order valence-corrected chi connectivity index (χ2v) is 6.70. The molecule has 1 N–H and O–H groups in total. The number of carbonyl (C=O) groups is 1. The number of urea groups is 1. The van der Waals surface area contributed by atoms with Gasteiger partial charge in [0.15, 0.2) is 0 Å². The van der Waals surface area contributed by atoms with Crippen molar-refractivity contribution in [2.24, 2.45) is 0 Å². The summed E-state index contributed by atoms with van der Waals surface area (Å²) in [6.45, 7) is 11.0. The van der Waals surface area contributed by atoms with E-state index in [9.17, 15) is 4.79 Å². The predicted octanol–water partition coefficient (Wildman–Crippen LogP) is 2.95. The molecule has 2 heterocycles. The van der Waals surface area contributed by atoms with Crippen molar-refractivity contribution in [3.05, 3.63) is 22.4 Å². The molecule has 5 nitrogen and oxygen atoms in total. The minimum absolute atomic E-state index is 0.0235. The summed E-state index contributed by atoms with van der Waals surface area (Å²) >= 11 is 1.71. The van der Waals surface area contributed by atoms with E-state index in [-0.39, 0.29) is 18.1 Å². The Bertz CT molecular complexity index is 462. The van der Waals surface area contributed by atoms with E-state index in [1.807, 2.05) is 4.90 Å². The predicted molar refractivity (Wildman–Crippen MR) is 95.0 cm³/mol. The number of nitrogens with one attached hydrogen (secondary N) is 1. The lowest BCUT2D eigenvalue weighted by atomic mass is 10.1. The zero-order valence-electron chi connectivity index (χ0n) is 14.5. The zero-order chi connectivity index (χ0) is 16.7. The smallest absolute Gasteiger partial charge is 0.317 e. The summed E-state index contributed by atoms with van der Waals surface area (Å²) in [6.07, 6.45) is 0.900. The van der Waals surface area contributed by atoms with Crippen molar-refractivity contribution in [1.82, 2.24) is 15.1 Å². The van der Waals surface area contributed by atoms with Gasteiger partial charge in [-0.15, -0.1) is 0 Å². The molecule has 130 valence electrons. The Balaban J connectivity index is 1.98. The molecule has 0 saturated carbocycles. The van der Waals surface area contributed by atoms with Crippen LogP contribution in [0.4, 0.5) is 4.79 Å². The molecule has 1 aliphatic rings. The molecule has 0 spiro atoms. The number of thiophene rings is 1. The Morgan fingerprint density at radius 3 is 2.91 bits per heavy atom. The number of hydrogen-bond donors (Lipinski definition) is 1. The van der Waals surface area contributed by atoms with Crippen molar-refractivity contribution >= 4 is 17.4 Å². The van der Waals surface area contributed by atoms with Gasteiger partial charge in [0.25, 0.3) is 0 Å². The topological polar surface area (TPSA) is 44.8 Å². The van der Waals surface area contributed by atoms with Crippen molar-refractivity contribution in [2.45, 2.75) is 39.3 Å². The highest BCUT2D eigenvalue weighted by Gasteiger charge is 2.24. The maximum Gasteiger partial charge on any atom is 0.317 e. The monoisotopic (exact) mass is 339 g/mol. The fraction of sp³-hybridized carbons (Fsp3) is 0.706. The lowest BCUT2D eigenvalue weighted by Crippen LogP contribution is -2.48. The van der Waals surface area contributed by atoms with Crippen molar-refractivity contribution in [2.75, 3.05) is 39.4 Å². The van der Waals surface area contributed by atoms with Crippen LogP contribution in [0.15, 0.2) is 16.8 Å². The maximum absolute atomic E-state index is 12.6. The largest absolute Gasteiger partial charge is 0.380 e. The molecule has 0 bridgehead atoms. The highest BCUT2D eigenvalue weighted by atomic mass is 32.1. The summed E-state index contributed by atoms with van der Waals surface area (Å²) in [5.74, 6) is 0. The molecule has 0 aromatic carbocycles. The standard InChI is InChI=1S/C17H29N3O2S/c1-4-19(5-2)16(15-7-11-23-13-15)12-18-17(21)20-8-10-22-9-6-14(20)3/h7,11,13-14,16H,4-6,8-10,12H2,1-3H3,(H,18,21)/t14-,16-/m1/s1. The first kappa shape index (κ1) is 18.2. The van der Waals surface area contributed by atoms with Gasteiger partial charge in [0.2, 0.25) is 0 Å². The van der Waals surface area contributed by atoms with Gasteiger partial charge in [0.1, 0.15) is 0 Å². The van der Waals surface area contributed by atoms with Crippen LogP contribution in [-0.2, 0) is 4.74 Å². The molecule has 0 radical (unpaired) electrons. The first-order chi connectivity index (χ1) is 11.2.